The van der Waals surface area contributed by atoms with Gasteiger partial charge in [0.1, 0.15) is 10.3 Å². The second-order valence-electron chi connectivity index (χ2n) is 4.18. The van der Waals surface area contributed by atoms with E-state index >= 15 is 0 Å². The van der Waals surface area contributed by atoms with Gasteiger partial charge in [-0.15, -0.1) is 0 Å². The van der Waals surface area contributed by atoms with Crippen molar-refractivity contribution in [3.63, 3.8) is 0 Å². The summed E-state index contributed by atoms with van der Waals surface area (Å²) < 4.78 is 0. The third kappa shape index (κ3) is 3.68. The van der Waals surface area contributed by atoms with Crippen LogP contribution in [-0.4, -0.2) is 16.4 Å². The lowest BCUT2D eigenvalue weighted by Gasteiger charge is -2.20. The molecule has 0 fully saturated rings. The van der Waals surface area contributed by atoms with Gasteiger partial charge in [-0.1, -0.05) is 23.2 Å². The van der Waals surface area contributed by atoms with Crippen molar-refractivity contribution in [1.82, 2.24) is 10.3 Å². The van der Waals surface area contributed by atoms with E-state index in [1.165, 1.54) is 6.07 Å². The fourth-order valence-electron chi connectivity index (χ4n) is 0.989. The van der Waals surface area contributed by atoms with Crippen LogP contribution in [0.2, 0.25) is 10.3 Å². The number of carbonyl (C=O) groups excluding carboxylic acids is 1. The second kappa shape index (κ2) is 4.37. The predicted octanol–water partition coefficient (Wildman–Crippen LogP) is 2.92. The number of rotatable bonds is 1. The fraction of sp³-hybridized carbons (Fsp3) is 0.400. The average Bonchev–Trinajstić information content (AvgIpc) is 1.99. The van der Waals surface area contributed by atoms with Crippen LogP contribution in [0.15, 0.2) is 12.1 Å². The maximum absolute atomic E-state index is 11.7. The summed E-state index contributed by atoms with van der Waals surface area (Å²) in [5, 5.41) is 3.17. The van der Waals surface area contributed by atoms with Gasteiger partial charge in [0.2, 0.25) is 0 Å². The monoisotopic (exact) mass is 246 g/mol. The minimum Gasteiger partial charge on any atom is -0.347 e. The summed E-state index contributed by atoms with van der Waals surface area (Å²) in [6, 6.07) is 3.09. The molecule has 1 heterocycles. The van der Waals surface area contributed by atoms with Gasteiger partial charge in [-0.3, -0.25) is 4.79 Å². The number of nitrogens with zero attached hydrogens (tertiary/aromatic N) is 1. The third-order valence-corrected chi connectivity index (χ3v) is 2.05. The second-order valence-corrected chi connectivity index (χ2v) is 4.92. The molecule has 1 aromatic rings. The zero-order chi connectivity index (χ0) is 11.6. The molecule has 1 amide bonds. The normalized spacial score (nSPS) is 11.3. The summed E-state index contributed by atoms with van der Waals surface area (Å²) in [5.41, 5.74) is 0.0241. The molecule has 1 N–H and O–H groups in total. The molecule has 0 spiro atoms. The summed E-state index contributed by atoms with van der Waals surface area (Å²) in [6.07, 6.45) is 0. The van der Waals surface area contributed by atoms with Crippen LogP contribution in [0.5, 0.6) is 0 Å². The van der Waals surface area contributed by atoms with Crippen LogP contribution in [0, 0.1) is 0 Å². The Morgan fingerprint density at radius 2 is 1.93 bits per heavy atom. The molecule has 5 heteroatoms. The highest BCUT2D eigenvalue weighted by Gasteiger charge is 2.18. The Kier molecular flexibility index (Phi) is 3.58. The Bertz CT molecular complexity index is 385. The minimum atomic E-state index is -0.306. The first-order valence-corrected chi connectivity index (χ1v) is 5.20. The fourth-order valence-corrected chi connectivity index (χ4v) is 1.42. The van der Waals surface area contributed by atoms with Crippen LogP contribution in [0.3, 0.4) is 0 Å². The van der Waals surface area contributed by atoms with Crippen molar-refractivity contribution >= 4 is 29.1 Å². The third-order valence-electron chi connectivity index (χ3n) is 1.55. The maximum atomic E-state index is 11.7. The van der Waals surface area contributed by atoms with E-state index in [9.17, 15) is 4.79 Å². The summed E-state index contributed by atoms with van der Waals surface area (Å²) in [7, 11) is 0. The molecule has 1 rings (SSSR count). The van der Waals surface area contributed by atoms with Gasteiger partial charge in [-0.05, 0) is 32.9 Å². The molecule has 0 aliphatic carbocycles. The van der Waals surface area contributed by atoms with Crippen LogP contribution in [0.1, 0.15) is 31.1 Å². The Hall–Kier alpha value is -0.800. The number of hydrogen-bond acceptors (Lipinski definition) is 2. The largest absolute Gasteiger partial charge is 0.347 e. The number of amides is 1. The van der Waals surface area contributed by atoms with Crippen molar-refractivity contribution in [2.45, 2.75) is 26.3 Å². The van der Waals surface area contributed by atoms with Crippen molar-refractivity contribution in [2.24, 2.45) is 0 Å². The molecule has 3 nitrogen and oxygen atoms in total. The highest BCUT2D eigenvalue weighted by atomic mass is 35.5. The number of carbonyl (C=O) groups is 1. The lowest BCUT2D eigenvalue weighted by Crippen LogP contribution is -2.40. The molecule has 0 saturated carbocycles. The number of pyridine rings is 1. The van der Waals surface area contributed by atoms with Crippen molar-refractivity contribution in [3.05, 3.63) is 28.0 Å². The maximum Gasteiger partial charge on any atom is 0.254 e. The minimum absolute atomic E-state index is 0.115. The Balaban J connectivity index is 2.92. The van der Waals surface area contributed by atoms with Gasteiger partial charge in [0.15, 0.2) is 0 Å². The van der Waals surface area contributed by atoms with E-state index in [4.69, 9.17) is 23.2 Å². The van der Waals surface area contributed by atoms with Gasteiger partial charge in [-0.25, -0.2) is 4.98 Å². The highest BCUT2D eigenvalue weighted by molar-refractivity contribution is 6.34. The van der Waals surface area contributed by atoms with Crippen molar-refractivity contribution in [2.75, 3.05) is 0 Å². The lowest BCUT2D eigenvalue weighted by molar-refractivity contribution is 0.0919. The standard InChI is InChI=1S/C10H12Cl2N2O/c1-10(2,3)14-9(15)6-4-5-7(11)13-8(6)12/h4-5H,1-3H3,(H,14,15). The zero-order valence-corrected chi connectivity index (χ0v) is 10.3. The number of hydrogen-bond donors (Lipinski definition) is 1. The topological polar surface area (TPSA) is 42.0 Å². The number of halogens is 2. The molecule has 15 heavy (non-hydrogen) atoms. The van der Waals surface area contributed by atoms with Gasteiger partial charge in [-0.2, -0.15) is 0 Å². The molecule has 1 aromatic heterocycles. The van der Waals surface area contributed by atoms with E-state index in [1.54, 1.807) is 6.07 Å². The number of aromatic nitrogens is 1. The molecular weight excluding hydrogens is 235 g/mol. The van der Waals surface area contributed by atoms with Gasteiger partial charge < -0.3 is 5.32 Å². The molecule has 0 atom stereocenters. The van der Waals surface area contributed by atoms with E-state index in [2.05, 4.69) is 10.3 Å². The highest BCUT2D eigenvalue weighted by Crippen LogP contribution is 2.17. The molecule has 0 aromatic carbocycles. The van der Waals surface area contributed by atoms with Crippen LogP contribution < -0.4 is 5.32 Å². The lowest BCUT2D eigenvalue weighted by atomic mass is 10.1. The average molecular weight is 247 g/mol. The molecule has 82 valence electrons. The molecule has 0 unspecified atom stereocenters. The first-order chi connectivity index (χ1) is 6.79. The van der Waals surface area contributed by atoms with E-state index in [1.807, 2.05) is 20.8 Å². The summed E-state index contributed by atoms with van der Waals surface area (Å²) >= 11 is 11.4. The van der Waals surface area contributed by atoms with Crippen molar-refractivity contribution in [3.8, 4) is 0 Å². The predicted molar refractivity (Wildman–Crippen MR) is 61.5 cm³/mol. The molecule has 0 aliphatic rings. The van der Waals surface area contributed by atoms with Gasteiger partial charge >= 0.3 is 0 Å². The quantitative estimate of drug-likeness (QED) is 0.775. The van der Waals surface area contributed by atoms with Crippen LogP contribution in [0.25, 0.3) is 0 Å². The van der Waals surface area contributed by atoms with Crippen LogP contribution in [0.4, 0.5) is 0 Å². The Labute approximate surface area is 98.8 Å². The molecule has 0 aliphatic heterocycles. The molecular formula is C10H12Cl2N2O. The SMILES string of the molecule is CC(C)(C)NC(=O)c1ccc(Cl)nc1Cl. The first-order valence-electron chi connectivity index (χ1n) is 4.44. The Morgan fingerprint density at radius 1 is 1.33 bits per heavy atom. The van der Waals surface area contributed by atoms with E-state index < -0.39 is 0 Å². The van der Waals surface area contributed by atoms with Crippen molar-refractivity contribution < 1.29 is 4.79 Å². The van der Waals surface area contributed by atoms with E-state index in [0.29, 0.717) is 5.56 Å². The first kappa shape index (κ1) is 12.3. The summed E-state index contributed by atoms with van der Waals surface area (Å²) in [4.78, 5) is 15.5. The summed E-state index contributed by atoms with van der Waals surface area (Å²) in [5.74, 6) is -0.253. The molecule has 0 saturated heterocycles. The van der Waals surface area contributed by atoms with Crippen LogP contribution >= 0.6 is 23.2 Å². The zero-order valence-electron chi connectivity index (χ0n) is 8.77. The van der Waals surface area contributed by atoms with E-state index in [-0.39, 0.29) is 21.8 Å². The number of nitrogens with one attached hydrogen (secondary N) is 1. The summed E-state index contributed by atoms with van der Waals surface area (Å²) in [6.45, 7) is 5.67. The van der Waals surface area contributed by atoms with Gasteiger partial charge in [0.25, 0.3) is 5.91 Å². The van der Waals surface area contributed by atoms with Gasteiger partial charge in [0, 0.05) is 5.54 Å². The van der Waals surface area contributed by atoms with Gasteiger partial charge in [0.05, 0.1) is 5.56 Å². The van der Waals surface area contributed by atoms with Crippen LogP contribution in [-0.2, 0) is 0 Å². The Morgan fingerprint density at radius 3 is 2.40 bits per heavy atom. The molecule has 0 bridgehead atoms. The van der Waals surface area contributed by atoms with E-state index in [0.717, 1.165) is 0 Å². The smallest absolute Gasteiger partial charge is 0.254 e. The van der Waals surface area contributed by atoms with Crippen molar-refractivity contribution in [1.29, 1.82) is 0 Å². The molecule has 0 radical (unpaired) electrons.